The average molecular weight is 365 g/mol. The summed E-state index contributed by atoms with van der Waals surface area (Å²) in [5.74, 6) is 0.320. The van der Waals surface area contributed by atoms with Crippen molar-refractivity contribution in [1.29, 1.82) is 0 Å². The number of aryl methyl sites for hydroxylation is 1. The Kier molecular flexibility index (Phi) is 7.11. The topological polar surface area (TPSA) is 72.5 Å². The molecule has 4 nitrogen and oxygen atoms in total. The Balaban J connectivity index is 1.80. The van der Waals surface area contributed by atoms with E-state index in [1.54, 1.807) is 6.92 Å². The summed E-state index contributed by atoms with van der Waals surface area (Å²) in [5.41, 5.74) is 5.12. The molecule has 0 radical (unpaired) electrons. The van der Waals surface area contributed by atoms with Gasteiger partial charge in [0.05, 0.1) is 18.1 Å². The first-order valence-corrected chi connectivity index (χ1v) is 9.12. The third-order valence-corrected chi connectivity index (χ3v) is 5.09. The first-order chi connectivity index (χ1) is 11.9. The highest BCUT2D eigenvalue weighted by Gasteiger charge is 2.20. The van der Waals surface area contributed by atoms with Crippen LogP contribution in [0.3, 0.4) is 0 Å². The standard InChI is InChI=1S/C19H24FNO3S/c1-19(21,13-22)10-9-17-15(20)12-18(25-17)16(23)8-5-11-24-14-6-3-2-4-7-14/h2-4,6-7,12,22H,5,8-11,13,21H2,1H3. The summed E-state index contributed by atoms with van der Waals surface area (Å²) in [7, 11) is 0. The molecule has 0 fully saturated rings. The molecule has 0 aliphatic carbocycles. The maximum absolute atomic E-state index is 14.0. The number of rotatable bonds is 10. The highest BCUT2D eigenvalue weighted by Crippen LogP contribution is 2.25. The van der Waals surface area contributed by atoms with Gasteiger partial charge < -0.3 is 15.6 Å². The quantitative estimate of drug-likeness (QED) is 0.499. The molecule has 0 aliphatic rings. The van der Waals surface area contributed by atoms with Crippen molar-refractivity contribution in [3.05, 3.63) is 52.0 Å². The number of ether oxygens (including phenoxy) is 1. The third-order valence-electron chi connectivity index (χ3n) is 3.88. The van der Waals surface area contributed by atoms with Gasteiger partial charge in [-0.1, -0.05) is 18.2 Å². The van der Waals surface area contributed by atoms with Gasteiger partial charge in [0.15, 0.2) is 5.78 Å². The van der Waals surface area contributed by atoms with Gasteiger partial charge >= 0.3 is 0 Å². The lowest BCUT2D eigenvalue weighted by molar-refractivity contribution is 0.0977. The van der Waals surface area contributed by atoms with E-state index < -0.39 is 5.54 Å². The summed E-state index contributed by atoms with van der Waals surface area (Å²) in [6, 6.07) is 10.7. The lowest BCUT2D eigenvalue weighted by Gasteiger charge is -2.20. The second-order valence-corrected chi connectivity index (χ2v) is 7.52. The lowest BCUT2D eigenvalue weighted by Crippen LogP contribution is -2.40. The van der Waals surface area contributed by atoms with Gasteiger partial charge in [0.1, 0.15) is 11.6 Å². The number of thiophene rings is 1. The average Bonchev–Trinajstić information content (AvgIpc) is 2.99. The van der Waals surface area contributed by atoms with E-state index in [9.17, 15) is 9.18 Å². The molecule has 1 unspecified atom stereocenters. The van der Waals surface area contributed by atoms with Crippen LogP contribution in [0.5, 0.6) is 5.75 Å². The number of aliphatic hydroxyl groups is 1. The number of para-hydroxylation sites is 1. The number of aliphatic hydroxyl groups excluding tert-OH is 1. The van der Waals surface area contributed by atoms with Gasteiger partial charge in [-0.3, -0.25) is 4.79 Å². The van der Waals surface area contributed by atoms with Crippen molar-refractivity contribution in [2.24, 2.45) is 5.73 Å². The molecule has 25 heavy (non-hydrogen) atoms. The van der Waals surface area contributed by atoms with Crippen LogP contribution in [0, 0.1) is 5.82 Å². The van der Waals surface area contributed by atoms with Crippen LogP contribution in [0.15, 0.2) is 36.4 Å². The number of Topliss-reactive ketones (excluding diaryl/α,β-unsaturated/α-hetero) is 1. The van der Waals surface area contributed by atoms with Gasteiger partial charge in [0, 0.05) is 16.8 Å². The molecule has 0 amide bonds. The molecule has 0 bridgehead atoms. The molecule has 3 N–H and O–H groups in total. The number of carbonyl (C=O) groups excluding carboxylic acids is 1. The van der Waals surface area contributed by atoms with E-state index in [4.69, 9.17) is 15.6 Å². The van der Waals surface area contributed by atoms with E-state index in [-0.39, 0.29) is 18.2 Å². The molecule has 136 valence electrons. The van der Waals surface area contributed by atoms with Crippen LogP contribution < -0.4 is 10.5 Å². The number of benzene rings is 1. The molecule has 0 saturated heterocycles. The van der Waals surface area contributed by atoms with Crippen LogP contribution in [-0.4, -0.2) is 29.6 Å². The highest BCUT2D eigenvalue weighted by atomic mass is 32.1. The van der Waals surface area contributed by atoms with E-state index in [0.717, 1.165) is 5.75 Å². The molecule has 1 aromatic heterocycles. The van der Waals surface area contributed by atoms with Gasteiger partial charge in [-0.2, -0.15) is 0 Å². The molecule has 1 heterocycles. The van der Waals surface area contributed by atoms with Crippen molar-refractivity contribution >= 4 is 17.1 Å². The first-order valence-electron chi connectivity index (χ1n) is 8.30. The minimum Gasteiger partial charge on any atom is -0.494 e. The Morgan fingerprint density at radius 2 is 2.08 bits per heavy atom. The monoisotopic (exact) mass is 365 g/mol. The Bertz CT molecular complexity index is 685. The Morgan fingerprint density at radius 3 is 2.76 bits per heavy atom. The fourth-order valence-corrected chi connectivity index (χ4v) is 3.26. The largest absolute Gasteiger partial charge is 0.494 e. The second-order valence-electron chi connectivity index (χ2n) is 6.38. The molecule has 1 atom stereocenters. The molecule has 0 spiro atoms. The first kappa shape index (κ1) is 19.6. The smallest absolute Gasteiger partial charge is 0.173 e. The Morgan fingerprint density at radius 1 is 1.36 bits per heavy atom. The van der Waals surface area contributed by atoms with Crippen molar-refractivity contribution in [3.63, 3.8) is 0 Å². The summed E-state index contributed by atoms with van der Waals surface area (Å²) in [6.07, 6.45) is 1.76. The Labute approximate surface area is 151 Å². The van der Waals surface area contributed by atoms with Crippen molar-refractivity contribution in [2.45, 2.75) is 38.1 Å². The van der Waals surface area contributed by atoms with Crippen LogP contribution in [0.2, 0.25) is 0 Å². The fourth-order valence-electron chi connectivity index (χ4n) is 2.26. The predicted molar refractivity (Wildman–Crippen MR) is 97.8 cm³/mol. The second kappa shape index (κ2) is 9.08. The molecule has 2 aromatic rings. The zero-order valence-corrected chi connectivity index (χ0v) is 15.2. The van der Waals surface area contributed by atoms with E-state index in [0.29, 0.717) is 42.0 Å². The number of ketones is 1. The van der Waals surface area contributed by atoms with Gasteiger partial charge in [-0.15, -0.1) is 11.3 Å². The van der Waals surface area contributed by atoms with Crippen molar-refractivity contribution in [3.8, 4) is 5.75 Å². The number of halogens is 1. The minimum atomic E-state index is -0.741. The number of nitrogens with two attached hydrogens (primary N) is 1. The normalized spacial score (nSPS) is 13.4. The van der Waals surface area contributed by atoms with E-state index in [2.05, 4.69) is 0 Å². The number of hydrogen-bond acceptors (Lipinski definition) is 5. The molecule has 6 heteroatoms. The summed E-state index contributed by atoms with van der Waals surface area (Å²) < 4.78 is 19.5. The summed E-state index contributed by atoms with van der Waals surface area (Å²) >= 11 is 1.17. The van der Waals surface area contributed by atoms with Crippen LogP contribution in [0.1, 0.15) is 40.7 Å². The lowest BCUT2D eigenvalue weighted by atomic mass is 9.98. The van der Waals surface area contributed by atoms with Crippen LogP contribution in [0.4, 0.5) is 4.39 Å². The van der Waals surface area contributed by atoms with Gasteiger partial charge in [0.25, 0.3) is 0 Å². The molecular weight excluding hydrogens is 341 g/mol. The van der Waals surface area contributed by atoms with Gasteiger partial charge in [0.2, 0.25) is 0 Å². The zero-order valence-electron chi connectivity index (χ0n) is 14.3. The fraction of sp³-hybridized carbons (Fsp3) is 0.421. The summed E-state index contributed by atoms with van der Waals surface area (Å²) in [5, 5.41) is 9.16. The molecule has 1 aromatic carbocycles. The molecule has 0 saturated carbocycles. The predicted octanol–water partition coefficient (Wildman–Crippen LogP) is 3.57. The summed E-state index contributed by atoms with van der Waals surface area (Å²) in [4.78, 5) is 13.1. The van der Waals surface area contributed by atoms with E-state index in [1.807, 2.05) is 30.3 Å². The number of carbonyl (C=O) groups is 1. The maximum Gasteiger partial charge on any atom is 0.173 e. The molecule has 0 aliphatic heterocycles. The summed E-state index contributed by atoms with van der Waals surface area (Å²) in [6.45, 7) is 2.00. The molecular formula is C19H24FNO3S. The number of hydrogen-bond donors (Lipinski definition) is 2. The SMILES string of the molecule is CC(N)(CO)CCc1sc(C(=O)CCCOc2ccccc2)cc1F. The van der Waals surface area contributed by atoms with Crippen molar-refractivity contribution in [2.75, 3.05) is 13.2 Å². The van der Waals surface area contributed by atoms with Gasteiger partial charge in [-0.05, 0) is 44.4 Å². The highest BCUT2D eigenvalue weighted by molar-refractivity contribution is 7.14. The minimum absolute atomic E-state index is 0.0792. The van der Waals surface area contributed by atoms with Crippen molar-refractivity contribution in [1.82, 2.24) is 0 Å². The van der Waals surface area contributed by atoms with Gasteiger partial charge in [-0.25, -0.2) is 4.39 Å². The van der Waals surface area contributed by atoms with Crippen LogP contribution >= 0.6 is 11.3 Å². The maximum atomic E-state index is 14.0. The van der Waals surface area contributed by atoms with E-state index >= 15 is 0 Å². The van der Waals surface area contributed by atoms with Crippen LogP contribution in [0.25, 0.3) is 0 Å². The Hall–Kier alpha value is -1.76. The van der Waals surface area contributed by atoms with Crippen LogP contribution in [-0.2, 0) is 6.42 Å². The van der Waals surface area contributed by atoms with Crippen molar-refractivity contribution < 1.29 is 19.0 Å². The third kappa shape index (κ3) is 6.23. The zero-order chi connectivity index (χ0) is 18.3. The van der Waals surface area contributed by atoms with E-state index in [1.165, 1.54) is 17.4 Å². The molecule has 2 rings (SSSR count).